The summed E-state index contributed by atoms with van der Waals surface area (Å²) >= 11 is 5.54. The third-order valence-corrected chi connectivity index (χ3v) is 4.77. The maximum Gasteiger partial charge on any atom is 0.174 e. The molecular formula is C19H21FN2O2S. The first-order valence-electron chi connectivity index (χ1n) is 8.18. The lowest BCUT2D eigenvalue weighted by Gasteiger charge is -2.29. The summed E-state index contributed by atoms with van der Waals surface area (Å²) < 4.78 is 24.7. The third kappa shape index (κ3) is 3.69. The molecule has 1 saturated heterocycles. The van der Waals surface area contributed by atoms with E-state index in [2.05, 4.69) is 10.2 Å². The Morgan fingerprint density at radius 2 is 2.00 bits per heavy atom. The number of nitrogens with one attached hydrogen (secondary N) is 1. The lowest BCUT2D eigenvalue weighted by atomic mass is 10.0. The standard InChI is InChI=1S/C19H21FN2O2S/c1-23-13-9-10-14(18(12-13)24-2)17-8-5-11-22(17)19(25)21-16-7-4-3-6-15(16)20/h3-4,6-7,9-10,12,17H,5,8,11H2,1-2H3,(H,21,25)/t17-/m0/s1. The van der Waals surface area contributed by atoms with Crippen LogP contribution in [-0.4, -0.2) is 30.8 Å². The minimum Gasteiger partial charge on any atom is -0.497 e. The number of likely N-dealkylation sites (tertiary alicyclic amines) is 1. The van der Waals surface area contributed by atoms with E-state index in [0.717, 1.165) is 36.4 Å². The first-order chi connectivity index (χ1) is 12.1. The SMILES string of the molecule is COc1ccc([C@@H]2CCCN2C(=S)Nc2ccccc2F)c(OC)c1. The molecule has 0 aromatic heterocycles. The second kappa shape index (κ2) is 7.70. The first-order valence-corrected chi connectivity index (χ1v) is 8.59. The predicted octanol–water partition coefficient (Wildman–Crippen LogP) is 4.38. The molecule has 1 aliphatic heterocycles. The van der Waals surface area contributed by atoms with E-state index in [1.807, 2.05) is 18.2 Å². The fraction of sp³-hybridized carbons (Fsp3) is 0.316. The topological polar surface area (TPSA) is 33.7 Å². The van der Waals surface area contributed by atoms with Crippen LogP contribution in [0.25, 0.3) is 0 Å². The molecule has 132 valence electrons. The molecule has 0 saturated carbocycles. The summed E-state index contributed by atoms with van der Waals surface area (Å²) in [5, 5.41) is 3.55. The average Bonchev–Trinajstić information content (AvgIpc) is 3.12. The Balaban J connectivity index is 1.83. The van der Waals surface area contributed by atoms with Crippen LogP contribution < -0.4 is 14.8 Å². The van der Waals surface area contributed by atoms with Crippen molar-refractivity contribution >= 4 is 23.0 Å². The zero-order valence-electron chi connectivity index (χ0n) is 14.3. The molecule has 0 amide bonds. The number of nitrogens with zero attached hydrogens (tertiary/aromatic N) is 1. The van der Waals surface area contributed by atoms with Gasteiger partial charge >= 0.3 is 0 Å². The highest BCUT2D eigenvalue weighted by molar-refractivity contribution is 7.80. The van der Waals surface area contributed by atoms with Crippen LogP contribution in [0.2, 0.25) is 0 Å². The Hall–Kier alpha value is -2.34. The summed E-state index contributed by atoms with van der Waals surface area (Å²) in [6.45, 7) is 0.820. The van der Waals surface area contributed by atoms with Crippen molar-refractivity contribution in [3.8, 4) is 11.5 Å². The molecule has 2 aromatic carbocycles. The molecule has 3 rings (SSSR count). The number of benzene rings is 2. The van der Waals surface area contributed by atoms with Gasteiger partial charge in [0.2, 0.25) is 0 Å². The Morgan fingerprint density at radius 1 is 1.20 bits per heavy atom. The Bertz CT molecular complexity index is 769. The van der Waals surface area contributed by atoms with E-state index in [9.17, 15) is 4.39 Å². The van der Waals surface area contributed by atoms with Gasteiger partial charge in [-0.3, -0.25) is 0 Å². The van der Waals surface area contributed by atoms with Crippen LogP contribution in [-0.2, 0) is 0 Å². The monoisotopic (exact) mass is 360 g/mol. The maximum atomic E-state index is 13.9. The molecule has 25 heavy (non-hydrogen) atoms. The van der Waals surface area contributed by atoms with E-state index in [4.69, 9.17) is 21.7 Å². The fourth-order valence-corrected chi connectivity index (χ4v) is 3.50. The van der Waals surface area contributed by atoms with Gasteiger partial charge in [-0.15, -0.1) is 0 Å². The number of thiocarbonyl (C=S) groups is 1. The van der Waals surface area contributed by atoms with Gasteiger partial charge in [-0.2, -0.15) is 0 Å². The molecule has 0 unspecified atom stereocenters. The van der Waals surface area contributed by atoms with Gasteiger partial charge in [0.1, 0.15) is 17.3 Å². The molecule has 1 N–H and O–H groups in total. The van der Waals surface area contributed by atoms with Crippen molar-refractivity contribution in [3.05, 3.63) is 53.8 Å². The van der Waals surface area contributed by atoms with Crippen LogP contribution in [0.1, 0.15) is 24.4 Å². The number of anilines is 1. The molecule has 1 heterocycles. The van der Waals surface area contributed by atoms with Crippen molar-refractivity contribution in [2.24, 2.45) is 0 Å². The quantitative estimate of drug-likeness (QED) is 0.819. The molecule has 6 heteroatoms. The van der Waals surface area contributed by atoms with Crippen LogP contribution in [0, 0.1) is 5.82 Å². The summed E-state index contributed by atoms with van der Waals surface area (Å²) in [5.41, 5.74) is 1.44. The second-order valence-electron chi connectivity index (χ2n) is 5.87. The molecule has 1 atom stereocenters. The second-order valence-corrected chi connectivity index (χ2v) is 6.26. The molecule has 0 aliphatic carbocycles. The molecule has 1 aliphatic rings. The molecule has 0 radical (unpaired) electrons. The van der Waals surface area contributed by atoms with Crippen LogP contribution >= 0.6 is 12.2 Å². The number of halogens is 1. The van der Waals surface area contributed by atoms with Crippen LogP contribution in [0.5, 0.6) is 11.5 Å². The summed E-state index contributed by atoms with van der Waals surface area (Å²) in [6, 6.07) is 12.4. The van der Waals surface area contributed by atoms with Gasteiger partial charge in [-0.1, -0.05) is 12.1 Å². The van der Waals surface area contributed by atoms with E-state index >= 15 is 0 Å². The van der Waals surface area contributed by atoms with Gasteiger partial charge in [-0.05, 0) is 49.3 Å². The number of para-hydroxylation sites is 1. The third-order valence-electron chi connectivity index (χ3n) is 4.43. The molecular weight excluding hydrogens is 339 g/mol. The normalized spacial score (nSPS) is 16.6. The van der Waals surface area contributed by atoms with Gasteiger partial charge in [0, 0.05) is 18.2 Å². The highest BCUT2D eigenvalue weighted by Crippen LogP contribution is 2.39. The smallest absolute Gasteiger partial charge is 0.174 e. The summed E-state index contributed by atoms with van der Waals surface area (Å²) in [7, 11) is 3.28. The molecule has 4 nitrogen and oxygen atoms in total. The van der Waals surface area contributed by atoms with Gasteiger partial charge in [0.25, 0.3) is 0 Å². The zero-order chi connectivity index (χ0) is 17.8. The number of hydrogen-bond donors (Lipinski definition) is 1. The van der Waals surface area contributed by atoms with Gasteiger partial charge < -0.3 is 19.7 Å². The van der Waals surface area contributed by atoms with E-state index in [1.54, 1.807) is 32.4 Å². The highest BCUT2D eigenvalue weighted by atomic mass is 32.1. The molecule has 0 bridgehead atoms. The van der Waals surface area contributed by atoms with E-state index in [1.165, 1.54) is 6.07 Å². The van der Waals surface area contributed by atoms with Crippen molar-refractivity contribution < 1.29 is 13.9 Å². The van der Waals surface area contributed by atoms with Crippen LogP contribution in [0.15, 0.2) is 42.5 Å². The van der Waals surface area contributed by atoms with Crippen molar-refractivity contribution in [2.45, 2.75) is 18.9 Å². The zero-order valence-corrected chi connectivity index (χ0v) is 15.1. The van der Waals surface area contributed by atoms with E-state index in [-0.39, 0.29) is 11.9 Å². The van der Waals surface area contributed by atoms with Crippen LogP contribution in [0.3, 0.4) is 0 Å². The van der Waals surface area contributed by atoms with E-state index in [0.29, 0.717) is 10.8 Å². The van der Waals surface area contributed by atoms with Crippen molar-refractivity contribution in [3.63, 3.8) is 0 Å². The largest absolute Gasteiger partial charge is 0.497 e. The van der Waals surface area contributed by atoms with Gasteiger partial charge in [0.05, 0.1) is 25.9 Å². The maximum absolute atomic E-state index is 13.9. The molecule has 1 fully saturated rings. The van der Waals surface area contributed by atoms with Gasteiger partial charge in [0.15, 0.2) is 5.11 Å². The predicted molar refractivity (Wildman–Crippen MR) is 101 cm³/mol. The van der Waals surface area contributed by atoms with Crippen molar-refractivity contribution in [1.82, 2.24) is 4.90 Å². The lowest BCUT2D eigenvalue weighted by Crippen LogP contribution is -2.34. The number of methoxy groups -OCH3 is 2. The Morgan fingerprint density at radius 3 is 2.72 bits per heavy atom. The Labute approximate surface area is 152 Å². The van der Waals surface area contributed by atoms with Crippen molar-refractivity contribution in [2.75, 3.05) is 26.1 Å². The number of rotatable bonds is 4. The summed E-state index contributed by atoms with van der Waals surface area (Å²) in [6.07, 6.45) is 1.97. The van der Waals surface area contributed by atoms with Gasteiger partial charge in [-0.25, -0.2) is 4.39 Å². The summed E-state index contributed by atoms with van der Waals surface area (Å²) in [4.78, 5) is 2.09. The summed E-state index contributed by atoms with van der Waals surface area (Å²) in [5.74, 6) is 1.20. The van der Waals surface area contributed by atoms with E-state index < -0.39 is 0 Å². The lowest BCUT2D eigenvalue weighted by molar-refractivity contribution is 0.362. The average molecular weight is 360 g/mol. The minimum absolute atomic E-state index is 0.0904. The Kier molecular flexibility index (Phi) is 5.38. The molecule has 2 aromatic rings. The minimum atomic E-state index is -0.317. The van der Waals surface area contributed by atoms with Crippen LogP contribution in [0.4, 0.5) is 10.1 Å². The van der Waals surface area contributed by atoms with Crippen molar-refractivity contribution in [1.29, 1.82) is 0 Å². The molecule has 0 spiro atoms. The first kappa shape index (κ1) is 17.5. The highest BCUT2D eigenvalue weighted by Gasteiger charge is 2.30. The fourth-order valence-electron chi connectivity index (χ4n) is 3.18. The number of ether oxygens (including phenoxy) is 2. The number of hydrogen-bond acceptors (Lipinski definition) is 3.